The molecule has 0 saturated carbocycles. The molecule has 3 rings (SSSR count). The Kier molecular flexibility index (Phi) is 6.85. The Bertz CT molecular complexity index is 319. The first-order chi connectivity index (χ1) is 10.9. The van der Waals surface area contributed by atoms with Crippen molar-refractivity contribution < 1.29 is 0 Å². The van der Waals surface area contributed by atoms with E-state index >= 15 is 0 Å². The minimum atomic E-state index is 0.631. The Balaban J connectivity index is 1.54. The smallest absolute Gasteiger partial charge is 0.0379 e. The summed E-state index contributed by atoms with van der Waals surface area (Å²) in [5.74, 6) is 0.816. The van der Waals surface area contributed by atoms with Gasteiger partial charge in [0.1, 0.15) is 0 Å². The molecule has 0 spiro atoms. The molecule has 0 aliphatic carbocycles. The van der Waals surface area contributed by atoms with E-state index in [0.717, 1.165) is 18.0 Å². The number of hydrogen-bond acceptors (Lipinski definition) is 3. The first-order valence-corrected chi connectivity index (χ1v) is 10.2. The van der Waals surface area contributed by atoms with Gasteiger partial charge in [-0.15, -0.1) is 11.6 Å². The Hall–Kier alpha value is 0.170. The number of nitrogens with one attached hydrogen (secondary N) is 1. The average molecular weight is 328 g/mol. The first-order valence-electron chi connectivity index (χ1n) is 9.64. The molecule has 0 aromatic carbocycles. The van der Waals surface area contributed by atoms with Crippen LogP contribution < -0.4 is 5.32 Å². The van der Waals surface area contributed by atoms with Crippen molar-refractivity contribution in [3.8, 4) is 0 Å². The predicted molar refractivity (Wildman–Crippen MR) is 94.8 cm³/mol. The number of halogens is 1. The Morgan fingerprint density at radius 3 is 2.14 bits per heavy atom. The van der Waals surface area contributed by atoms with Gasteiger partial charge in [-0.2, -0.15) is 0 Å². The highest BCUT2D eigenvalue weighted by atomic mass is 35.5. The lowest BCUT2D eigenvalue weighted by molar-refractivity contribution is 0.0651. The van der Waals surface area contributed by atoms with Crippen molar-refractivity contribution in [3.05, 3.63) is 0 Å². The fourth-order valence-electron chi connectivity index (χ4n) is 4.62. The molecular formula is C18H34ClN3. The molecule has 22 heavy (non-hydrogen) atoms. The summed E-state index contributed by atoms with van der Waals surface area (Å²) in [4.78, 5) is 5.50. The van der Waals surface area contributed by atoms with Crippen molar-refractivity contribution in [3.63, 3.8) is 0 Å². The predicted octanol–water partition coefficient (Wildman–Crippen LogP) is 3.08. The van der Waals surface area contributed by atoms with Gasteiger partial charge >= 0.3 is 0 Å². The van der Waals surface area contributed by atoms with Gasteiger partial charge in [0.25, 0.3) is 0 Å². The van der Waals surface area contributed by atoms with Crippen LogP contribution in [-0.2, 0) is 0 Å². The second kappa shape index (κ2) is 8.86. The highest BCUT2D eigenvalue weighted by molar-refractivity contribution is 6.18. The van der Waals surface area contributed by atoms with E-state index < -0.39 is 0 Å². The van der Waals surface area contributed by atoms with Gasteiger partial charge in [0.15, 0.2) is 0 Å². The van der Waals surface area contributed by atoms with Crippen molar-refractivity contribution in [1.29, 1.82) is 0 Å². The second-order valence-corrected chi connectivity index (χ2v) is 7.90. The summed E-state index contributed by atoms with van der Waals surface area (Å²) < 4.78 is 0. The van der Waals surface area contributed by atoms with E-state index in [2.05, 4.69) is 15.1 Å². The third-order valence-electron chi connectivity index (χ3n) is 5.99. The quantitative estimate of drug-likeness (QED) is 0.783. The van der Waals surface area contributed by atoms with Crippen molar-refractivity contribution in [2.45, 2.75) is 75.9 Å². The van der Waals surface area contributed by atoms with Crippen molar-refractivity contribution in [1.82, 2.24) is 15.1 Å². The number of hydrogen-bond donors (Lipinski definition) is 1. The van der Waals surface area contributed by atoms with Gasteiger partial charge in [-0.3, -0.25) is 9.80 Å². The number of piperidine rings is 3. The summed E-state index contributed by atoms with van der Waals surface area (Å²) in [7, 11) is 0. The molecule has 3 aliphatic heterocycles. The maximum atomic E-state index is 6.22. The molecular weight excluding hydrogens is 294 g/mol. The Morgan fingerprint density at radius 2 is 1.45 bits per heavy atom. The van der Waals surface area contributed by atoms with Crippen LogP contribution in [0.3, 0.4) is 0 Å². The third-order valence-corrected chi connectivity index (χ3v) is 6.35. The second-order valence-electron chi connectivity index (χ2n) is 7.59. The number of likely N-dealkylation sites (tertiary alicyclic amines) is 2. The topological polar surface area (TPSA) is 18.5 Å². The molecule has 0 radical (unpaired) electrons. The zero-order valence-electron chi connectivity index (χ0n) is 14.1. The van der Waals surface area contributed by atoms with Crippen LogP contribution in [0.5, 0.6) is 0 Å². The maximum Gasteiger partial charge on any atom is 0.0379 e. The van der Waals surface area contributed by atoms with Crippen LogP contribution in [0.2, 0.25) is 0 Å². The molecule has 0 aromatic rings. The summed E-state index contributed by atoms with van der Waals surface area (Å²) in [6, 6.07) is 2.13. The number of rotatable bonds is 5. The van der Waals surface area contributed by atoms with Gasteiger partial charge < -0.3 is 5.32 Å². The van der Waals surface area contributed by atoms with E-state index in [1.165, 1.54) is 90.5 Å². The minimum absolute atomic E-state index is 0.631. The lowest BCUT2D eigenvalue weighted by Gasteiger charge is -2.43. The van der Waals surface area contributed by atoms with Crippen molar-refractivity contribution in [2.24, 2.45) is 0 Å². The lowest BCUT2D eigenvalue weighted by atomic mass is 9.96. The highest BCUT2D eigenvalue weighted by Crippen LogP contribution is 2.24. The monoisotopic (exact) mass is 327 g/mol. The number of nitrogens with zero attached hydrogens (tertiary/aromatic N) is 2. The summed E-state index contributed by atoms with van der Waals surface area (Å²) in [5, 5.41) is 3.73. The normalized spacial score (nSPS) is 35.6. The fraction of sp³-hybridized carbons (Fsp3) is 1.00. The van der Waals surface area contributed by atoms with Crippen molar-refractivity contribution in [2.75, 3.05) is 38.6 Å². The van der Waals surface area contributed by atoms with Gasteiger partial charge in [0, 0.05) is 37.1 Å². The van der Waals surface area contributed by atoms with Crippen LogP contribution in [0, 0.1) is 0 Å². The molecule has 3 saturated heterocycles. The van der Waals surface area contributed by atoms with Crippen molar-refractivity contribution >= 4 is 11.6 Å². The molecule has 1 N–H and O–H groups in total. The van der Waals surface area contributed by atoms with Gasteiger partial charge in [0.2, 0.25) is 0 Å². The molecule has 128 valence electrons. The third kappa shape index (κ3) is 4.59. The molecule has 0 amide bonds. The van der Waals surface area contributed by atoms with Crippen LogP contribution in [-0.4, -0.2) is 66.5 Å². The van der Waals surface area contributed by atoms with Crippen LogP contribution in [0.15, 0.2) is 0 Å². The SMILES string of the molecule is ClCC1CCCCN1CC1CCCCN1CC1CCCCN1. The lowest BCUT2D eigenvalue weighted by Crippen LogP contribution is -2.54. The standard InChI is InChI=1S/C18H34ClN3/c19-13-17-8-2-5-12-22(17)15-18-9-3-6-11-21(18)14-16-7-1-4-10-20-16/h16-18,20H,1-15H2. The molecule has 3 heterocycles. The molecule has 0 aromatic heterocycles. The molecule has 3 aliphatic rings. The highest BCUT2D eigenvalue weighted by Gasteiger charge is 2.30. The minimum Gasteiger partial charge on any atom is -0.313 e. The zero-order valence-corrected chi connectivity index (χ0v) is 14.9. The largest absolute Gasteiger partial charge is 0.313 e. The Morgan fingerprint density at radius 1 is 0.773 bits per heavy atom. The summed E-state index contributed by atoms with van der Waals surface area (Å²) >= 11 is 6.22. The summed E-state index contributed by atoms with van der Waals surface area (Å²) in [6.45, 7) is 6.32. The van der Waals surface area contributed by atoms with E-state index in [-0.39, 0.29) is 0 Å². The van der Waals surface area contributed by atoms with Crippen LogP contribution in [0.25, 0.3) is 0 Å². The van der Waals surface area contributed by atoms with Crippen LogP contribution >= 0.6 is 11.6 Å². The molecule has 3 nitrogen and oxygen atoms in total. The summed E-state index contributed by atoms with van der Waals surface area (Å²) in [6.07, 6.45) is 12.4. The molecule has 3 fully saturated rings. The Labute approximate surface area is 141 Å². The van der Waals surface area contributed by atoms with Crippen LogP contribution in [0.4, 0.5) is 0 Å². The molecule has 0 bridgehead atoms. The zero-order chi connectivity index (χ0) is 15.2. The van der Waals surface area contributed by atoms with E-state index in [9.17, 15) is 0 Å². The van der Waals surface area contributed by atoms with E-state index in [4.69, 9.17) is 11.6 Å². The average Bonchev–Trinajstić information content (AvgIpc) is 2.58. The maximum absolute atomic E-state index is 6.22. The molecule has 4 heteroatoms. The van der Waals surface area contributed by atoms with E-state index in [0.29, 0.717) is 6.04 Å². The molecule has 3 atom stereocenters. The fourth-order valence-corrected chi connectivity index (χ4v) is 4.97. The summed E-state index contributed by atoms with van der Waals surface area (Å²) in [5.41, 5.74) is 0. The van der Waals surface area contributed by atoms with Gasteiger partial charge in [-0.1, -0.05) is 19.3 Å². The van der Waals surface area contributed by atoms with Gasteiger partial charge in [-0.05, 0) is 58.2 Å². The van der Waals surface area contributed by atoms with E-state index in [1.807, 2.05) is 0 Å². The number of alkyl halides is 1. The first kappa shape index (κ1) is 17.0. The van der Waals surface area contributed by atoms with Gasteiger partial charge in [0.05, 0.1) is 0 Å². The van der Waals surface area contributed by atoms with Crippen LogP contribution in [0.1, 0.15) is 57.8 Å². The molecule has 3 unspecified atom stereocenters. The van der Waals surface area contributed by atoms with Gasteiger partial charge in [-0.25, -0.2) is 0 Å². The van der Waals surface area contributed by atoms with E-state index in [1.54, 1.807) is 0 Å².